The SMILES string of the molecule is COc1cccc(C(c2ccc(F)cc2)c2cccc(OC)c2)c1. The molecule has 0 aromatic heterocycles. The molecule has 0 aliphatic heterocycles. The predicted octanol–water partition coefficient (Wildman–Crippen LogP) is 5.02. The maximum atomic E-state index is 13.4. The lowest BCUT2D eigenvalue weighted by molar-refractivity contribution is 0.413. The monoisotopic (exact) mass is 322 g/mol. The lowest BCUT2D eigenvalue weighted by Gasteiger charge is -2.20. The fourth-order valence-corrected chi connectivity index (χ4v) is 2.87. The highest BCUT2D eigenvalue weighted by Crippen LogP contribution is 2.35. The average Bonchev–Trinajstić information content (AvgIpc) is 2.64. The van der Waals surface area contributed by atoms with Crippen molar-refractivity contribution in [3.63, 3.8) is 0 Å². The van der Waals surface area contributed by atoms with E-state index < -0.39 is 0 Å². The smallest absolute Gasteiger partial charge is 0.123 e. The van der Waals surface area contributed by atoms with Crippen LogP contribution in [0, 0.1) is 5.82 Å². The van der Waals surface area contributed by atoms with Crippen molar-refractivity contribution in [1.29, 1.82) is 0 Å². The first-order valence-corrected chi connectivity index (χ1v) is 7.74. The summed E-state index contributed by atoms with van der Waals surface area (Å²) >= 11 is 0. The maximum Gasteiger partial charge on any atom is 0.123 e. The van der Waals surface area contributed by atoms with E-state index in [1.54, 1.807) is 14.2 Å². The topological polar surface area (TPSA) is 18.5 Å². The Morgan fingerprint density at radius 1 is 0.667 bits per heavy atom. The molecule has 0 spiro atoms. The molecule has 0 amide bonds. The van der Waals surface area contributed by atoms with Gasteiger partial charge in [0, 0.05) is 5.92 Å². The molecule has 0 N–H and O–H groups in total. The van der Waals surface area contributed by atoms with Crippen molar-refractivity contribution < 1.29 is 13.9 Å². The van der Waals surface area contributed by atoms with Gasteiger partial charge in [-0.25, -0.2) is 4.39 Å². The van der Waals surface area contributed by atoms with Crippen molar-refractivity contribution in [2.45, 2.75) is 5.92 Å². The van der Waals surface area contributed by atoms with Crippen LogP contribution >= 0.6 is 0 Å². The highest BCUT2D eigenvalue weighted by Gasteiger charge is 2.18. The minimum Gasteiger partial charge on any atom is -0.497 e. The van der Waals surface area contributed by atoms with Gasteiger partial charge in [-0.15, -0.1) is 0 Å². The number of benzene rings is 3. The lowest BCUT2D eigenvalue weighted by atomic mass is 9.85. The van der Waals surface area contributed by atoms with E-state index in [2.05, 4.69) is 12.1 Å². The summed E-state index contributed by atoms with van der Waals surface area (Å²) in [6.07, 6.45) is 0. The van der Waals surface area contributed by atoms with E-state index in [0.717, 1.165) is 28.2 Å². The van der Waals surface area contributed by atoms with Crippen LogP contribution in [0.15, 0.2) is 72.8 Å². The molecule has 0 heterocycles. The van der Waals surface area contributed by atoms with Gasteiger partial charge < -0.3 is 9.47 Å². The molecule has 3 aromatic carbocycles. The van der Waals surface area contributed by atoms with Crippen molar-refractivity contribution in [1.82, 2.24) is 0 Å². The summed E-state index contributed by atoms with van der Waals surface area (Å²) in [6, 6.07) is 22.5. The van der Waals surface area contributed by atoms with Gasteiger partial charge in [0.05, 0.1) is 14.2 Å². The Kier molecular flexibility index (Phi) is 4.80. The molecule has 24 heavy (non-hydrogen) atoms. The number of hydrogen-bond donors (Lipinski definition) is 0. The molecular weight excluding hydrogens is 303 g/mol. The number of halogens is 1. The van der Waals surface area contributed by atoms with Crippen molar-refractivity contribution >= 4 is 0 Å². The van der Waals surface area contributed by atoms with Gasteiger partial charge in [-0.2, -0.15) is 0 Å². The Labute approximate surface area is 141 Å². The summed E-state index contributed by atoms with van der Waals surface area (Å²) in [5, 5.41) is 0. The first-order chi connectivity index (χ1) is 11.7. The standard InChI is InChI=1S/C21H19FO2/c1-23-19-7-3-5-16(13-19)21(15-9-11-18(22)12-10-15)17-6-4-8-20(14-17)24-2/h3-14,21H,1-2H3. The second-order valence-electron chi connectivity index (χ2n) is 5.54. The molecule has 0 aliphatic rings. The predicted molar refractivity (Wildman–Crippen MR) is 93.3 cm³/mol. The van der Waals surface area contributed by atoms with Crippen LogP contribution in [-0.4, -0.2) is 14.2 Å². The van der Waals surface area contributed by atoms with Gasteiger partial charge in [0.15, 0.2) is 0 Å². The fraction of sp³-hybridized carbons (Fsp3) is 0.143. The van der Waals surface area contributed by atoms with Crippen molar-refractivity contribution in [3.05, 3.63) is 95.3 Å². The maximum absolute atomic E-state index is 13.4. The molecule has 2 nitrogen and oxygen atoms in total. The Morgan fingerprint density at radius 2 is 1.17 bits per heavy atom. The second-order valence-corrected chi connectivity index (χ2v) is 5.54. The van der Waals surface area contributed by atoms with Crippen LogP contribution in [0.1, 0.15) is 22.6 Å². The zero-order valence-electron chi connectivity index (χ0n) is 13.7. The van der Waals surface area contributed by atoms with Crippen LogP contribution in [0.5, 0.6) is 11.5 Å². The Morgan fingerprint density at radius 3 is 1.62 bits per heavy atom. The summed E-state index contributed by atoms with van der Waals surface area (Å²) in [5.74, 6) is 1.31. The summed E-state index contributed by atoms with van der Waals surface area (Å²) in [7, 11) is 3.30. The molecule has 0 saturated heterocycles. The van der Waals surface area contributed by atoms with Crippen LogP contribution in [-0.2, 0) is 0 Å². The number of methoxy groups -OCH3 is 2. The summed E-state index contributed by atoms with van der Waals surface area (Å²) in [5.41, 5.74) is 3.17. The quantitative estimate of drug-likeness (QED) is 0.614. The van der Waals surface area contributed by atoms with Gasteiger partial charge in [0.1, 0.15) is 17.3 Å². The zero-order valence-corrected chi connectivity index (χ0v) is 13.7. The van der Waals surface area contributed by atoms with Gasteiger partial charge in [0.25, 0.3) is 0 Å². The number of hydrogen-bond acceptors (Lipinski definition) is 2. The van der Waals surface area contributed by atoms with Crippen molar-refractivity contribution in [3.8, 4) is 11.5 Å². The zero-order chi connectivity index (χ0) is 16.9. The molecule has 0 saturated carbocycles. The molecule has 0 fully saturated rings. The molecule has 3 rings (SSSR count). The molecular formula is C21H19FO2. The molecule has 0 unspecified atom stereocenters. The molecule has 0 atom stereocenters. The minimum atomic E-state index is -0.242. The van der Waals surface area contributed by atoms with Gasteiger partial charge in [-0.1, -0.05) is 36.4 Å². The Balaban J connectivity index is 2.14. The molecule has 122 valence electrons. The summed E-state index contributed by atoms with van der Waals surface area (Å²) in [4.78, 5) is 0. The second kappa shape index (κ2) is 7.18. The van der Waals surface area contributed by atoms with Gasteiger partial charge >= 0.3 is 0 Å². The van der Waals surface area contributed by atoms with Crippen LogP contribution in [0.2, 0.25) is 0 Å². The van der Waals surface area contributed by atoms with Gasteiger partial charge in [-0.3, -0.25) is 0 Å². The van der Waals surface area contributed by atoms with Crippen LogP contribution in [0.3, 0.4) is 0 Å². The highest BCUT2D eigenvalue weighted by atomic mass is 19.1. The molecule has 3 aromatic rings. The normalized spacial score (nSPS) is 10.7. The molecule has 0 aliphatic carbocycles. The number of ether oxygens (including phenoxy) is 2. The van der Waals surface area contributed by atoms with E-state index >= 15 is 0 Å². The summed E-state index contributed by atoms with van der Waals surface area (Å²) in [6.45, 7) is 0. The third-order valence-corrected chi connectivity index (χ3v) is 4.06. The Hall–Kier alpha value is -2.81. The van der Waals surface area contributed by atoms with E-state index in [1.165, 1.54) is 12.1 Å². The van der Waals surface area contributed by atoms with E-state index in [0.29, 0.717) is 0 Å². The van der Waals surface area contributed by atoms with Crippen LogP contribution in [0.4, 0.5) is 4.39 Å². The van der Waals surface area contributed by atoms with Crippen LogP contribution < -0.4 is 9.47 Å². The third kappa shape index (κ3) is 3.40. The highest BCUT2D eigenvalue weighted by molar-refractivity contribution is 5.47. The van der Waals surface area contributed by atoms with E-state index in [9.17, 15) is 4.39 Å². The van der Waals surface area contributed by atoms with E-state index in [-0.39, 0.29) is 11.7 Å². The fourth-order valence-electron chi connectivity index (χ4n) is 2.87. The average molecular weight is 322 g/mol. The van der Waals surface area contributed by atoms with Crippen LogP contribution in [0.25, 0.3) is 0 Å². The number of rotatable bonds is 5. The van der Waals surface area contributed by atoms with Gasteiger partial charge in [-0.05, 0) is 53.1 Å². The first-order valence-electron chi connectivity index (χ1n) is 7.74. The largest absolute Gasteiger partial charge is 0.497 e. The van der Waals surface area contributed by atoms with Crippen molar-refractivity contribution in [2.24, 2.45) is 0 Å². The first kappa shape index (κ1) is 16.1. The van der Waals surface area contributed by atoms with E-state index in [4.69, 9.17) is 9.47 Å². The summed E-state index contributed by atoms with van der Waals surface area (Å²) < 4.78 is 24.1. The van der Waals surface area contributed by atoms with E-state index in [1.807, 2.05) is 48.5 Å². The van der Waals surface area contributed by atoms with Gasteiger partial charge in [0.2, 0.25) is 0 Å². The molecule has 0 bridgehead atoms. The molecule has 3 heteroatoms. The molecule has 0 radical (unpaired) electrons. The minimum absolute atomic E-state index is 0.0317. The Bertz CT molecular complexity index is 765. The van der Waals surface area contributed by atoms with Crippen molar-refractivity contribution in [2.75, 3.05) is 14.2 Å². The third-order valence-electron chi connectivity index (χ3n) is 4.06. The lowest BCUT2D eigenvalue weighted by Crippen LogP contribution is -2.04.